The zero-order valence-corrected chi connectivity index (χ0v) is 9.76. The SMILES string of the molecule is Nc1ccc(N2CCCC3(C2)OCCO3)cn1. The lowest BCUT2D eigenvalue weighted by Gasteiger charge is -2.39. The minimum atomic E-state index is -0.389. The zero-order chi connectivity index (χ0) is 11.7. The first kappa shape index (κ1) is 10.8. The van der Waals surface area contributed by atoms with Crippen LogP contribution in [0.1, 0.15) is 12.8 Å². The molecule has 0 saturated carbocycles. The van der Waals surface area contributed by atoms with Crippen LogP contribution in [0.4, 0.5) is 11.5 Å². The highest BCUT2D eigenvalue weighted by Crippen LogP contribution is 2.32. The fraction of sp³-hybridized carbons (Fsp3) is 0.583. The number of piperidine rings is 1. The first-order valence-corrected chi connectivity index (χ1v) is 6.02. The van der Waals surface area contributed by atoms with Gasteiger partial charge in [0.1, 0.15) is 5.82 Å². The predicted octanol–water partition coefficient (Wildman–Crippen LogP) is 1.01. The molecular weight excluding hydrogens is 218 g/mol. The number of hydrogen-bond donors (Lipinski definition) is 1. The van der Waals surface area contributed by atoms with Crippen LogP contribution in [0.15, 0.2) is 18.3 Å². The van der Waals surface area contributed by atoms with Crippen molar-refractivity contribution in [1.82, 2.24) is 4.98 Å². The summed E-state index contributed by atoms with van der Waals surface area (Å²) < 4.78 is 11.5. The van der Waals surface area contributed by atoms with Gasteiger partial charge in [-0.2, -0.15) is 0 Å². The number of ether oxygens (including phenoxy) is 2. The van der Waals surface area contributed by atoms with Crippen molar-refractivity contribution in [2.75, 3.05) is 36.9 Å². The van der Waals surface area contributed by atoms with E-state index in [1.807, 2.05) is 18.3 Å². The first-order valence-electron chi connectivity index (χ1n) is 6.02. The van der Waals surface area contributed by atoms with E-state index >= 15 is 0 Å². The number of nitrogens with two attached hydrogens (primary N) is 1. The van der Waals surface area contributed by atoms with Gasteiger partial charge in [0.15, 0.2) is 5.79 Å². The summed E-state index contributed by atoms with van der Waals surface area (Å²) >= 11 is 0. The first-order chi connectivity index (χ1) is 8.27. The molecule has 2 fully saturated rings. The van der Waals surface area contributed by atoms with Crippen LogP contribution in [0.25, 0.3) is 0 Å². The molecule has 0 unspecified atom stereocenters. The van der Waals surface area contributed by atoms with Crippen molar-refractivity contribution in [1.29, 1.82) is 0 Å². The van der Waals surface area contributed by atoms with Gasteiger partial charge in [-0.3, -0.25) is 0 Å². The highest BCUT2D eigenvalue weighted by Gasteiger charge is 2.40. The van der Waals surface area contributed by atoms with Crippen LogP contribution in [0.3, 0.4) is 0 Å². The molecule has 3 heterocycles. The molecule has 92 valence electrons. The second-order valence-electron chi connectivity index (χ2n) is 4.57. The number of hydrogen-bond acceptors (Lipinski definition) is 5. The van der Waals surface area contributed by atoms with Gasteiger partial charge >= 0.3 is 0 Å². The molecule has 3 rings (SSSR count). The Labute approximate surface area is 101 Å². The fourth-order valence-electron chi connectivity index (χ4n) is 2.53. The van der Waals surface area contributed by atoms with Gasteiger partial charge in [0, 0.05) is 13.0 Å². The third kappa shape index (κ3) is 2.08. The third-order valence-corrected chi connectivity index (χ3v) is 3.37. The van der Waals surface area contributed by atoms with Crippen molar-refractivity contribution >= 4 is 11.5 Å². The molecule has 2 aliphatic rings. The Kier molecular flexibility index (Phi) is 2.64. The van der Waals surface area contributed by atoms with Crippen LogP contribution in [0.2, 0.25) is 0 Å². The monoisotopic (exact) mass is 235 g/mol. The summed E-state index contributed by atoms with van der Waals surface area (Å²) in [5.74, 6) is 0.161. The second kappa shape index (κ2) is 4.16. The smallest absolute Gasteiger partial charge is 0.186 e. The quantitative estimate of drug-likeness (QED) is 0.787. The summed E-state index contributed by atoms with van der Waals surface area (Å²) in [6, 6.07) is 3.82. The zero-order valence-electron chi connectivity index (χ0n) is 9.76. The lowest BCUT2D eigenvalue weighted by molar-refractivity contribution is -0.161. The largest absolute Gasteiger partial charge is 0.384 e. The summed E-state index contributed by atoms with van der Waals surface area (Å²) in [5, 5.41) is 0. The molecule has 5 nitrogen and oxygen atoms in total. The van der Waals surface area contributed by atoms with Gasteiger partial charge < -0.3 is 20.1 Å². The number of anilines is 2. The van der Waals surface area contributed by atoms with Gasteiger partial charge in [0.05, 0.1) is 31.6 Å². The van der Waals surface area contributed by atoms with Crippen molar-refractivity contribution < 1.29 is 9.47 Å². The van der Waals surface area contributed by atoms with Crippen molar-refractivity contribution in [3.8, 4) is 0 Å². The van der Waals surface area contributed by atoms with Crippen molar-refractivity contribution in [2.24, 2.45) is 0 Å². The molecule has 1 aromatic heterocycles. The van der Waals surface area contributed by atoms with Gasteiger partial charge in [-0.05, 0) is 18.6 Å². The second-order valence-corrected chi connectivity index (χ2v) is 4.57. The Balaban J connectivity index is 1.77. The highest BCUT2D eigenvalue weighted by molar-refractivity contribution is 5.48. The average molecular weight is 235 g/mol. The van der Waals surface area contributed by atoms with Crippen LogP contribution in [0, 0.1) is 0 Å². The van der Waals surface area contributed by atoms with E-state index in [1.165, 1.54) is 0 Å². The third-order valence-electron chi connectivity index (χ3n) is 3.37. The molecule has 2 N–H and O–H groups in total. The van der Waals surface area contributed by atoms with Crippen LogP contribution in [0.5, 0.6) is 0 Å². The van der Waals surface area contributed by atoms with Crippen LogP contribution in [-0.4, -0.2) is 37.1 Å². The summed E-state index contributed by atoms with van der Waals surface area (Å²) in [4.78, 5) is 6.38. The van der Waals surface area contributed by atoms with E-state index < -0.39 is 0 Å². The Hall–Kier alpha value is -1.33. The molecule has 0 atom stereocenters. The molecular formula is C12H17N3O2. The molecule has 0 aliphatic carbocycles. The maximum absolute atomic E-state index is 5.75. The number of nitrogens with zero attached hydrogens (tertiary/aromatic N) is 2. The van der Waals surface area contributed by atoms with E-state index in [2.05, 4.69) is 9.88 Å². The summed E-state index contributed by atoms with van der Waals surface area (Å²) in [6.45, 7) is 3.19. The molecule has 1 aromatic rings. The maximum atomic E-state index is 5.75. The lowest BCUT2D eigenvalue weighted by atomic mass is 10.0. The predicted molar refractivity (Wildman–Crippen MR) is 64.7 cm³/mol. The van der Waals surface area contributed by atoms with E-state index in [9.17, 15) is 0 Å². The standard InChI is InChI=1S/C12H17N3O2/c13-11-3-2-10(8-14-11)15-5-1-4-12(9-15)16-6-7-17-12/h2-3,8H,1,4-7,9H2,(H2,13,14). The van der Waals surface area contributed by atoms with E-state index in [-0.39, 0.29) is 5.79 Å². The topological polar surface area (TPSA) is 60.6 Å². The number of rotatable bonds is 1. The fourth-order valence-corrected chi connectivity index (χ4v) is 2.53. The summed E-state index contributed by atoms with van der Waals surface area (Å²) in [6.07, 6.45) is 3.86. The molecule has 0 amide bonds. The van der Waals surface area contributed by atoms with Gasteiger partial charge in [0.2, 0.25) is 0 Å². The number of aromatic nitrogens is 1. The summed E-state index contributed by atoms with van der Waals surface area (Å²) in [5.41, 5.74) is 6.67. The molecule has 2 saturated heterocycles. The molecule has 0 radical (unpaired) electrons. The highest BCUT2D eigenvalue weighted by atomic mass is 16.7. The molecule has 1 spiro atoms. The van der Waals surface area contributed by atoms with Crippen molar-refractivity contribution in [3.05, 3.63) is 18.3 Å². The summed E-state index contributed by atoms with van der Waals surface area (Å²) in [7, 11) is 0. The van der Waals surface area contributed by atoms with Crippen LogP contribution < -0.4 is 10.6 Å². The Morgan fingerprint density at radius 1 is 1.29 bits per heavy atom. The average Bonchev–Trinajstić information content (AvgIpc) is 2.78. The number of nitrogen functional groups attached to an aromatic ring is 1. The molecule has 0 aromatic carbocycles. The number of pyridine rings is 1. The van der Waals surface area contributed by atoms with Crippen LogP contribution >= 0.6 is 0 Å². The minimum absolute atomic E-state index is 0.389. The molecule has 2 aliphatic heterocycles. The molecule has 17 heavy (non-hydrogen) atoms. The van der Waals surface area contributed by atoms with Gasteiger partial charge in [-0.25, -0.2) is 4.98 Å². The Morgan fingerprint density at radius 3 is 2.82 bits per heavy atom. The Bertz CT molecular complexity index is 387. The molecule has 0 bridgehead atoms. The molecule has 5 heteroatoms. The van der Waals surface area contributed by atoms with E-state index in [1.54, 1.807) is 0 Å². The normalized spacial score (nSPS) is 23.2. The van der Waals surface area contributed by atoms with Gasteiger partial charge in [-0.1, -0.05) is 0 Å². The Morgan fingerprint density at radius 2 is 2.12 bits per heavy atom. The van der Waals surface area contributed by atoms with E-state index in [4.69, 9.17) is 15.2 Å². The lowest BCUT2D eigenvalue weighted by Crippen LogP contribution is -2.49. The van der Waals surface area contributed by atoms with E-state index in [0.29, 0.717) is 19.0 Å². The minimum Gasteiger partial charge on any atom is -0.384 e. The van der Waals surface area contributed by atoms with Crippen molar-refractivity contribution in [3.63, 3.8) is 0 Å². The van der Waals surface area contributed by atoms with Gasteiger partial charge in [-0.15, -0.1) is 0 Å². The van der Waals surface area contributed by atoms with Crippen molar-refractivity contribution in [2.45, 2.75) is 18.6 Å². The van der Waals surface area contributed by atoms with Crippen LogP contribution in [-0.2, 0) is 9.47 Å². The maximum Gasteiger partial charge on any atom is 0.186 e. The van der Waals surface area contributed by atoms with Gasteiger partial charge in [0.25, 0.3) is 0 Å². The van der Waals surface area contributed by atoms with E-state index in [0.717, 1.165) is 31.6 Å².